The number of rotatable bonds is 7. The van der Waals surface area contributed by atoms with Crippen molar-refractivity contribution in [3.63, 3.8) is 0 Å². The van der Waals surface area contributed by atoms with Crippen LogP contribution in [0, 0.1) is 0 Å². The van der Waals surface area contributed by atoms with Gasteiger partial charge in [-0.3, -0.25) is 9.69 Å². The van der Waals surface area contributed by atoms with E-state index in [0.717, 1.165) is 11.1 Å². The topological polar surface area (TPSA) is 85.4 Å². The van der Waals surface area contributed by atoms with Gasteiger partial charge in [0.15, 0.2) is 0 Å². The number of esters is 1. The molecule has 2 aromatic carbocycles. The van der Waals surface area contributed by atoms with Gasteiger partial charge in [-0.15, -0.1) is 0 Å². The van der Waals surface area contributed by atoms with Crippen LogP contribution in [-0.4, -0.2) is 60.7 Å². The van der Waals surface area contributed by atoms with Gasteiger partial charge in [0, 0.05) is 13.1 Å². The van der Waals surface area contributed by atoms with Crippen molar-refractivity contribution in [2.24, 2.45) is 0 Å². The Kier molecular flexibility index (Phi) is 7.86. The second kappa shape index (κ2) is 11.0. The molecule has 2 aromatic rings. The molecule has 0 aromatic heterocycles. The molecule has 2 amide bonds. The molecule has 164 valence electrons. The molecule has 0 bridgehead atoms. The second-order valence-corrected chi connectivity index (χ2v) is 7.17. The maximum atomic E-state index is 12.7. The zero-order valence-corrected chi connectivity index (χ0v) is 17.4. The summed E-state index contributed by atoms with van der Waals surface area (Å²) in [5.41, 5.74) is 1.73. The monoisotopic (exact) mass is 426 g/mol. The number of ether oxygens (including phenoxy) is 3. The molecule has 8 heteroatoms. The smallest absolute Gasteiger partial charge is 0.410 e. The van der Waals surface area contributed by atoms with Crippen LogP contribution < -0.4 is 0 Å². The van der Waals surface area contributed by atoms with Gasteiger partial charge in [0.1, 0.15) is 19.8 Å². The average Bonchev–Trinajstić information content (AvgIpc) is 3.30. The van der Waals surface area contributed by atoms with Crippen LogP contribution in [0.4, 0.5) is 9.59 Å². The van der Waals surface area contributed by atoms with Crippen LogP contribution in [0.5, 0.6) is 0 Å². The molecule has 0 spiro atoms. The van der Waals surface area contributed by atoms with E-state index in [2.05, 4.69) is 0 Å². The van der Waals surface area contributed by atoms with E-state index >= 15 is 0 Å². The predicted molar refractivity (Wildman–Crippen MR) is 112 cm³/mol. The third kappa shape index (κ3) is 6.47. The highest BCUT2D eigenvalue weighted by molar-refractivity contribution is 5.78. The number of carbonyl (C=O) groups is 3. The predicted octanol–water partition coefficient (Wildman–Crippen LogP) is 3.21. The van der Waals surface area contributed by atoms with Crippen LogP contribution >= 0.6 is 0 Å². The molecule has 3 rings (SSSR count). The molecular formula is C23H26N2O6. The molecule has 8 nitrogen and oxygen atoms in total. The van der Waals surface area contributed by atoms with Gasteiger partial charge in [0.05, 0.1) is 13.2 Å². The number of methoxy groups -OCH3 is 1. The van der Waals surface area contributed by atoms with E-state index in [9.17, 15) is 14.4 Å². The first-order chi connectivity index (χ1) is 15.1. The van der Waals surface area contributed by atoms with Crippen molar-refractivity contribution >= 4 is 18.2 Å². The average molecular weight is 426 g/mol. The van der Waals surface area contributed by atoms with Crippen LogP contribution in [0.2, 0.25) is 0 Å². The minimum atomic E-state index is -0.626. The van der Waals surface area contributed by atoms with E-state index in [1.807, 2.05) is 60.7 Å². The van der Waals surface area contributed by atoms with Gasteiger partial charge < -0.3 is 19.1 Å². The first-order valence-electron chi connectivity index (χ1n) is 10.1. The normalized spacial score (nSPS) is 15.3. The summed E-state index contributed by atoms with van der Waals surface area (Å²) in [5.74, 6) is -0.554. The standard InChI is InChI=1S/C23H26N2O6/c1-29-21(26)15-25(23(28)31-17-19-10-6-3-7-11-19)20-12-13-24(14-20)22(27)30-16-18-8-4-2-5-9-18/h2-11,20H,12-17H2,1H3/t20-/m0/s1. The fourth-order valence-electron chi connectivity index (χ4n) is 3.32. The fourth-order valence-corrected chi connectivity index (χ4v) is 3.32. The molecule has 1 heterocycles. The van der Waals surface area contributed by atoms with Gasteiger partial charge in [0.25, 0.3) is 0 Å². The van der Waals surface area contributed by atoms with Gasteiger partial charge in [-0.05, 0) is 17.5 Å². The van der Waals surface area contributed by atoms with Crippen molar-refractivity contribution in [3.05, 3.63) is 71.8 Å². The third-order valence-corrected chi connectivity index (χ3v) is 5.03. The quantitative estimate of drug-likeness (QED) is 0.499. The number of benzene rings is 2. The molecule has 1 aliphatic rings. The molecule has 31 heavy (non-hydrogen) atoms. The Morgan fingerprint density at radius 2 is 1.52 bits per heavy atom. The molecule has 0 N–H and O–H groups in total. The molecule has 0 radical (unpaired) electrons. The summed E-state index contributed by atoms with van der Waals surface area (Å²) in [6.07, 6.45) is -0.571. The van der Waals surface area contributed by atoms with Gasteiger partial charge in [-0.1, -0.05) is 60.7 Å². The van der Waals surface area contributed by atoms with E-state index in [-0.39, 0.29) is 32.3 Å². The van der Waals surface area contributed by atoms with Crippen LogP contribution in [0.3, 0.4) is 0 Å². The number of carbonyl (C=O) groups excluding carboxylic acids is 3. The number of likely N-dealkylation sites (tertiary alicyclic amines) is 1. The summed E-state index contributed by atoms with van der Waals surface area (Å²) < 4.78 is 15.5. The van der Waals surface area contributed by atoms with Gasteiger partial charge in [-0.25, -0.2) is 9.59 Å². The Labute approximate surface area is 181 Å². The van der Waals surface area contributed by atoms with E-state index < -0.39 is 18.2 Å². The van der Waals surface area contributed by atoms with Crippen LogP contribution in [0.25, 0.3) is 0 Å². The minimum Gasteiger partial charge on any atom is -0.468 e. The lowest BCUT2D eigenvalue weighted by Gasteiger charge is -2.27. The summed E-state index contributed by atoms with van der Waals surface area (Å²) in [6.45, 7) is 0.688. The number of hydrogen-bond donors (Lipinski definition) is 0. The summed E-state index contributed by atoms with van der Waals surface area (Å²) in [6, 6.07) is 18.3. The highest BCUT2D eigenvalue weighted by Crippen LogP contribution is 2.19. The van der Waals surface area contributed by atoms with Crippen molar-refractivity contribution in [1.29, 1.82) is 0 Å². The molecule has 1 saturated heterocycles. The van der Waals surface area contributed by atoms with Gasteiger partial charge in [-0.2, -0.15) is 0 Å². The Morgan fingerprint density at radius 3 is 2.10 bits per heavy atom. The first-order valence-corrected chi connectivity index (χ1v) is 10.1. The largest absolute Gasteiger partial charge is 0.468 e. The maximum absolute atomic E-state index is 12.7. The van der Waals surface area contributed by atoms with E-state index in [4.69, 9.17) is 14.2 Å². The highest BCUT2D eigenvalue weighted by atomic mass is 16.6. The lowest BCUT2D eigenvalue weighted by Crippen LogP contribution is -2.45. The second-order valence-electron chi connectivity index (χ2n) is 7.17. The van der Waals surface area contributed by atoms with Crippen molar-refractivity contribution in [1.82, 2.24) is 9.80 Å². The highest BCUT2D eigenvalue weighted by Gasteiger charge is 2.35. The zero-order valence-electron chi connectivity index (χ0n) is 17.4. The third-order valence-electron chi connectivity index (χ3n) is 5.03. The van der Waals surface area contributed by atoms with E-state index in [1.54, 1.807) is 0 Å². The minimum absolute atomic E-state index is 0.0902. The molecule has 1 fully saturated rings. The van der Waals surface area contributed by atoms with Crippen molar-refractivity contribution in [3.8, 4) is 0 Å². The SMILES string of the molecule is COC(=O)CN(C(=O)OCc1ccccc1)[C@H]1CCN(C(=O)OCc2ccccc2)C1. The molecule has 1 atom stereocenters. The van der Waals surface area contributed by atoms with Gasteiger partial charge in [0.2, 0.25) is 0 Å². The Bertz CT molecular complexity index is 874. The van der Waals surface area contributed by atoms with Crippen LogP contribution in [0.1, 0.15) is 17.5 Å². The van der Waals surface area contributed by atoms with Gasteiger partial charge >= 0.3 is 18.2 Å². The Morgan fingerprint density at radius 1 is 0.935 bits per heavy atom. The summed E-state index contributed by atoms with van der Waals surface area (Å²) in [4.78, 5) is 39.8. The molecule has 1 aliphatic heterocycles. The zero-order chi connectivity index (χ0) is 22.1. The van der Waals surface area contributed by atoms with Crippen molar-refractivity contribution in [2.75, 3.05) is 26.7 Å². The fraction of sp³-hybridized carbons (Fsp3) is 0.348. The lowest BCUT2D eigenvalue weighted by atomic mass is 10.2. The maximum Gasteiger partial charge on any atom is 0.410 e. The van der Waals surface area contributed by atoms with E-state index in [1.165, 1.54) is 16.9 Å². The number of nitrogens with zero attached hydrogens (tertiary/aromatic N) is 2. The van der Waals surface area contributed by atoms with E-state index in [0.29, 0.717) is 13.0 Å². The van der Waals surface area contributed by atoms with Crippen molar-refractivity contribution in [2.45, 2.75) is 25.7 Å². The Hall–Kier alpha value is -3.55. The number of hydrogen-bond acceptors (Lipinski definition) is 6. The molecule has 0 unspecified atom stereocenters. The molecule has 0 saturated carbocycles. The summed E-state index contributed by atoms with van der Waals surface area (Å²) >= 11 is 0. The summed E-state index contributed by atoms with van der Waals surface area (Å²) in [5, 5.41) is 0. The molecule has 0 aliphatic carbocycles. The van der Waals surface area contributed by atoms with Crippen LogP contribution in [0.15, 0.2) is 60.7 Å². The van der Waals surface area contributed by atoms with Crippen molar-refractivity contribution < 1.29 is 28.6 Å². The molecular weight excluding hydrogens is 400 g/mol. The first kappa shape index (κ1) is 22.1. The summed E-state index contributed by atoms with van der Waals surface area (Å²) in [7, 11) is 1.26. The number of amides is 2. The lowest BCUT2D eigenvalue weighted by molar-refractivity contribution is -0.142. The Balaban J connectivity index is 1.57. The van der Waals surface area contributed by atoms with Crippen LogP contribution in [-0.2, 0) is 32.2 Å².